The third-order valence-electron chi connectivity index (χ3n) is 2.27. The molecule has 1 N–H and O–H groups in total. The summed E-state index contributed by atoms with van der Waals surface area (Å²) in [6.07, 6.45) is 5.12. The fourth-order valence-electron chi connectivity index (χ4n) is 1.47. The summed E-state index contributed by atoms with van der Waals surface area (Å²) in [5.74, 6) is -0.0469. The van der Waals surface area contributed by atoms with E-state index in [4.69, 9.17) is 0 Å². The molecule has 1 aromatic carbocycles. The highest BCUT2D eigenvalue weighted by Gasteiger charge is 2.10. The number of benzene rings is 1. The molecule has 1 amide bonds. The van der Waals surface area contributed by atoms with Crippen molar-refractivity contribution < 1.29 is 4.79 Å². The summed E-state index contributed by atoms with van der Waals surface area (Å²) in [7, 11) is 0. The molecular formula is C14H17NO. The number of carbonyl (C=O) groups is 1. The second-order valence-electron chi connectivity index (χ2n) is 3.59. The number of hydrogen-bond donors (Lipinski definition) is 1. The molecule has 0 aromatic heterocycles. The van der Waals surface area contributed by atoms with Crippen LogP contribution in [0.15, 0.2) is 55.6 Å². The first-order valence-electron chi connectivity index (χ1n) is 5.35. The SMILES string of the molecule is C=CCC(CC=C)NC(=O)c1ccccc1. The third kappa shape index (κ3) is 3.73. The first-order chi connectivity index (χ1) is 7.77. The van der Waals surface area contributed by atoms with Crippen molar-refractivity contribution in [3.8, 4) is 0 Å². The molecule has 0 saturated heterocycles. The average molecular weight is 215 g/mol. The Balaban J connectivity index is 2.61. The van der Waals surface area contributed by atoms with Crippen LogP contribution in [-0.2, 0) is 0 Å². The fraction of sp³-hybridized carbons (Fsp3) is 0.214. The van der Waals surface area contributed by atoms with E-state index in [-0.39, 0.29) is 11.9 Å². The van der Waals surface area contributed by atoms with Gasteiger partial charge in [0.1, 0.15) is 0 Å². The minimum Gasteiger partial charge on any atom is -0.349 e. The predicted molar refractivity (Wildman–Crippen MR) is 67.3 cm³/mol. The summed E-state index contributed by atoms with van der Waals surface area (Å²) in [4.78, 5) is 11.8. The Hall–Kier alpha value is -1.83. The molecular weight excluding hydrogens is 198 g/mol. The molecule has 0 unspecified atom stereocenters. The van der Waals surface area contributed by atoms with Gasteiger partial charge in [-0.3, -0.25) is 4.79 Å². The van der Waals surface area contributed by atoms with Gasteiger partial charge in [0.05, 0.1) is 0 Å². The maximum Gasteiger partial charge on any atom is 0.251 e. The molecule has 1 aromatic rings. The van der Waals surface area contributed by atoms with E-state index in [1.165, 1.54) is 0 Å². The highest BCUT2D eigenvalue weighted by molar-refractivity contribution is 5.94. The van der Waals surface area contributed by atoms with Gasteiger partial charge in [-0.25, -0.2) is 0 Å². The second-order valence-corrected chi connectivity index (χ2v) is 3.59. The van der Waals surface area contributed by atoms with Crippen LogP contribution >= 0.6 is 0 Å². The van der Waals surface area contributed by atoms with Gasteiger partial charge >= 0.3 is 0 Å². The van der Waals surface area contributed by atoms with Gasteiger partial charge in [-0.1, -0.05) is 30.4 Å². The summed E-state index contributed by atoms with van der Waals surface area (Å²) >= 11 is 0. The Labute approximate surface area is 96.7 Å². The average Bonchev–Trinajstić information content (AvgIpc) is 2.31. The van der Waals surface area contributed by atoms with E-state index in [0.717, 1.165) is 12.8 Å². The van der Waals surface area contributed by atoms with E-state index in [1.807, 2.05) is 18.2 Å². The Morgan fingerprint density at radius 2 is 1.75 bits per heavy atom. The lowest BCUT2D eigenvalue weighted by Gasteiger charge is -2.15. The predicted octanol–water partition coefficient (Wildman–Crippen LogP) is 2.94. The zero-order valence-corrected chi connectivity index (χ0v) is 9.36. The van der Waals surface area contributed by atoms with Crippen LogP contribution in [0.5, 0.6) is 0 Å². The van der Waals surface area contributed by atoms with Crippen molar-refractivity contribution in [1.82, 2.24) is 5.32 Å². The third-order valence-corrected chi connectivity index (χ3v) is 2.27. The van der Waals surface area contributed by atoms with Crippen LogP contribution in [-0.4, -0.2) is 11.9 Å². The van der Waals surface area contributed by atoms with E-state index in [2.05, 4.69) is 18.5 Å². The Morgan fingerprint density at radius 1 is 1.19 bits per heavy atom. The number of rotatable bonds is 6. The minimum atomic E-state index is -0.0469. The minimum absolute atomic E-state index is 0.0469. The molecule has 16 heavy (non-hydrogen) atoms. The molecule has 0 spiro atoms. The number of nitrogens with one attached hydrogen (secondary N) is 1. The first-order valence-corrected chi connectivity index (χ1v) is 5.35. The lowest BCUT2D eigenvalue weighted by atomic mass is 10.1. The monoisotopic (exact) mass is 215 g/mol. The van der Waals surface area contributed by atoms with Crippen molar-refractivity contribution in [2.24, 2.45) is 0 Å². The van der Waals surface area contributed by atoms with Gasteiger partial charge in [0.25, 0.3) is 5.91 Å². The summed E-state index contributed by atoms with van der Waals surface area (Å²) in [5, 5.41) is 2.95. The zero-order chi connectivity index (χ0) is 11.8. The molecule has 0 saturated carbocycles. The molecule has 0 heterocycles. The van der Waals surface area contributed by atoms with Crippen molar-refractivity contribution in [2.45, 2.75) is 18.9 Å². The molecule has 2 heteroatoms. The van der Waals surface area contributed by atoms with Gasteiger partial charge in [0.2, 0.25) is 0 Å². The molecule has 0 atom stereocenters. The Morgan fingerprint density at radius 3 is 2.25 bits per heavy atom. The van der Waals surface area contributed by atoms with Crippen LogP contribution in [0, 0.1) is 0 Å². The largest absolute Gasteiger partial charge is 0.349 e. The van der Waals surface area contributed by atoms with Crippen molar-refractivity contribution >= 4 is 5.91 Å². The number of carbonyl (C=O) groups excluding carboxylic acids is 1. The maximum atomic E-state index is 11.8. The second kappa shape index (κ2) is 6.62. The van der Waals surface area contributed by atoms with Crippen molar-refractivity contribution in [3.63, 3.8) is 0 Å². The van der Waals surface area contributed by atoms with Crippen LogP contribution < -0.4 is 5.32 Å². The standard InChI is InChI=1S/C14H17NO/c1-3-8-13(9-4-2)15-14(16)12-10-6-5-7-11-12/h3-7,10-11,13H,1-2,8-9H2,(H,15,16). The van der Waals surface area contributed by atoms with Crippen LogP contribution in [0.4, 0.5) is 0 Å². The van der Waals surface area contributed by atoms with Crippen LogP contribution in [0.1, 0.15) is 23.2 Å². The summed E-state index contributed by atoms with van der Waals surface area (Å²) in [6, 6.07) is 9.28. The highest BCUT2D eigenvalue weighted by Crippen LogP contribution is 2.03. The molecule has 0 aliphatic heterocycles. The zero-order valence-electron chi connectivity index (χ0n) is 9.36. The quantitative estimate of drug-likeness (QED) is 0.726. The van der Waals surface area contributed by atoms with E-state index in [1.54, 1.807) is 24.3 Å². The Bertz CT molecular complexity index is 346. The molecule has 0 fully saturated rings. The van der Waals surface area contributed by atoms with Gasteiger partial charge in [-0.15, -0.1) is 13.2 Å². The molecule has 0 radical (unpaired) electrons. The fourth-order valence-corrected chi connectivity index (χ4v) is 1.47. The molecule has 2 nitrogen and oxygen atoms in total. The lowest BCUT2D eigenvalue weighted by Crippen LogP contribution is -2.34. The molecule has 1 rings (SSSR count). The van der Waals surface area contributed by atoms with Gasteiger partial charge in [-0.2, -0.15) is 0 Å². The first kappa shape index (κ1) is 12.2. The number of hydrogen-bond acceptors (Lipinski definition) is 1. The molecule has 84 valence electrons. The van der Waals surface area contributed by atoms with Crippen LogP contribution in [0.25, 0.3) is 0 Å². The topological polar surface area (TPSA) is 29.1 Å². The Kier molecular flexibility index (Phi) is 5.06. The summed E-state index contributed by atoms with van der Waals surface area (Å²) in [5.41, 5.74) is 0.681. The van der Waals surface area contributed by atoms with Gasteiger partial charge in [-0.05, 0) is 25.0 Å². The normalized spacial score (nSPS) is 9.81. The highest BCUT2D eigenvalue weighted by atomic mass is 16.1. The molecule has 0 aliphatic rings. The molecule has 0 aliphatic carbocycles. The number of amides is 1. The van der Waals surface area contributed by atoms with Crippen molar-refractivity contribution in [3.05, 3.63) is 61.2 Å². The van der Waals surface area contributed by atoms with Crippen LogP contribution in [0.3, 0.4) is 0 Å². The molecule has 0 bridgehead atoms. The van der Waals surface area contributed by atoms with E-state index < -0.39 is 0 Å². The van der Waals surface area contributed by atoms with Gasteiger partial charge in [0, 0.05) is 11.6 Å². The van der Waals surface area contributed by atoms with Crippen LogP contribution in [0.2, 0.25) is 0 Å². The van der Waals surface area contributed by atoms with Gasteiger partial charge < -0.3 is 5.32 Å². The van der Waals surface area contributed by atoms with E-state index >= 15 is 0 Å². The van der Waals surface area contributed by atoms with Crippen molar-refractivity contribution in [2.75, 3.05) is 0 Å². The smallest absolute Gasteiger partial charge is 0.251 e. The van der Waals surface area contributed by atoms with Crippen molar-refractivity contribution in [1.29, 1.82) is 0 Å². The van der Waals surface area contributed by atoms with E-state index in [0.29, 0.717) is 5.56 Å². The lowest BCUT2D eigenvalue weighted by molar-refractivity contribution is 0.0937. The van der Waals surface area contributed by atoms with Gasteiger partial charge in [0.15, 0.2) is 0 Å². The maximum absolute atomic E-state index is 11.8. The summed E-state index contributed by atoms with van der Waals surface area (Å²) < 4.78 is 0. The van der Waals surface area contributed by atoms with E-state index in [9.17, 15) is 4.79 Å². The summed E-state index contributed by atoms with van der Waals surface area (Å²) in [6.45, 7) is 7.35.